The van der Waals surface area contributed by atoms with Crippen molar-refractivity contribution >= 4 is 21.4 Å². The van der Waals surface area contributed by atoms with Gasteiger partial charge in [0, 0.05) is 25.0 Å². The third-order valence-corrected chi connectivity index (χ3v) is 3.71. The average molecular weight is 295 g/mol. The number of nitrogens with one attached hydrogen (secondary N) is 1. The molecule has 1 heterocycles. The Bertz CT molecular complexity index is 682. The van der Waals surface area contributed by atoms with Crippen LogP contribution in [-0.2, 0) is 16.6 Å². The van der Waals surface area contributed by atoms with Gasteiger partial charge in [-0.05, 0) is 25.1 Å². The Labute approximate surface area is 117 Å². The van der Waals surface area contributed by atoms with E-state index in [0.717, 1.165) is 0 Å². The summed E-state index contributed by atoms with van der Waals surface area (Å²) in [6, 6.07) is 4.39. The molecule has 5 N–H and O–H groups in total. The number of sulfonamides is 1. The lowest BCUT2D eigenvalue weighted by atomic mass is 10.2. The van der Waals surface area contributed by atoms with E-state index in [0.29, 0.717) is 17.9 Å². The van der Waals surface area contributed by atoms with E-state index in [-0.39, 0.29) is 10.9 Å². The topological polar surface area (TPSA) is 116 Å². The molecule has 1 unspecified atom stereocenters. The van der Waals surface area contributed by atoms with Crippen LogP contribution in [0.3, 0.4) is 0 Å². The van der Waals surface area contributed by atoms with Gasteiger partial charge >= 0.3 is 0 Å². The van der Waals surface area contributed by atoms with Crippen LogP contribution < -0.4 is 16.2 Å². The van der Waals surface area contributed by atoms with Crippen LogP contribution >= 0.6 is 0 Å². The fourth-order valence-electron chi connectivity index (χ4n) is 1.86. The van der Waals surface area contributed by atoms with Crippen LogP contribution in [0, 0.1) is 0 Å². The molecule has 0 saturated carbocycles. The van der Waals surface area contributed by atoms with E-state index in [1.165, 1.54) is 18.2 Å². The molecule has 0 aliphatic rings. The second-order valence-electron chi connectivity index (χ2n) is 4.60. The van der Waals surface area contributed by atoms with Crippen molar-refractivity contribution in [3.8, 4) is 0 Å². The zero-order valence-electron chi connectivity index (χ0n) is 11.0. The van der Waals surface area contributed by atoms with Crippen molar-refractivity contribution in [1.29, 1.82) is 0 Å². The number of benzene rings is 1. The molecule has 0 amide bonds. The molecule has 1 atom stereocenters. The summed E-state index contributed by atoms with van der Waals surface area (Å²) in [5.41, 5.74) is 6.85. The third-order valence-electron chi connectivity index (χ3n) is 2.80. The maximum Gasteiger partial charge on any atom is 0.238 e. The van der Waals surface area contributed by atoms with Gasteiger partial charge in [0.1, 0.15) is 0 Å². The highest BCUT2D eigenvalue weighted by molar-refractivity contribution is 7.89. The number of rotatable bonds is 5. The number of nitrogen functional groups attached to an aromatic ring is 1. The van der Waals surface area contributed by atoms with Crippen LogP contribution in [0.5, 0.6) is 0 Å². The Kier molecular flexibility index (Phi) is 3.96. The quantitative estimate of drug-likeness (QED) is 0.699. The van der Waals surface area contributed by atoms with Crippen LogP contribution in [-0.4, -0.2) is 24.0 Å². The molecule has 0 radical (unpaired) electrons. The monoisotopic (exact) mass is 295 g/mol. The lowest BCUT2D eigenvalue weighted by molar-refractivity contribution is 0.597. The zero-order valence-corrected chi connectivity index (χ0v) is 11.8. The van der Waals surface area contributed by atoms with Gasteiger partial charge in [0.05, 0.1) is 22.6 Å². The van der Waals surface area contributed by atoms with Crippen molar-refractivity contribution in [1.82, 2.24) is 9.55 Å². The summed E-state index contributed by atoms with van der Waals surface area (Å²) in [7, 11) is -3.74. The van der Waals surface area contributed by atoms with Crippen molar-refractivity contribution in [2.45, 2.75) is 24.4 Å². The Hall–Kier alpha value is -2.06. The molecule has 0 aliphatic heterocycles. The normalized spacial score (nSPS) is 13.1. The van der Waals surface area contributed by atoms with E-state index >= 15 is 0 Å². The summed E-state index contributed by atoms with van der Waals surface area (Å²) in [6.45, 7) is 2.64. The van der Waals surface area contributed by atoms with E-state index < -0.39 is 10.0 Å². The smallest absolute Gasteiger partial charge is 0.238 e. The van der Waals surface area contributed by atoms with Gasteiger partial charge in [-0.3, -0.25) is 0 Å². The van der Waals surface area contributed by atoms with Gasteiger partial charge in [0.25, 0.3) is 0 Å². The fraction of sp³-hybridized carbons (Fsp3) is 0.250. The number of hydrogen-bond acceptors (Lipinski definition) is 5. The lowest BCUT2D eigenvalue weighted by Crippen LogP contribution is -2.22. The summed E-state index contributed by atoms with van der Waals surface area (Å²) >= 11 is 0. The molecular weight excluding hydrogens is 278 g/mol. The molecular formula is C12H17N5O2S. The van der Waals surface area contributed by atoms with Gasteiger partial charge in [-0.2, -0.15) is 0 Å². The minimum Gasteiger partial charge on any atom is -0.397 e. The number of primary sulfonamides is 1. The molecule has 8 heteroatoms. The first kappa shape index (κ1) is 14.4. The molecule has 0 aliphatic carbocycles. The van der Waals surface area contributed by atoms with Gasteiger partial charge in [-0.1, -0.05) is 0 Å². The Morgan fingerprint density at radius 1 is 1.45 bits per heavy atom. The summed E-state index contributed by atoms with van der Waals surface area (Å²) < 4.78 is 24.6. The van der Waals surface area contributed by atoms with Crippen molar-refractivity contribution < 1.29 is 8.42 Å². The molecule has 7 nitrogen and oxygen atoms in total. The number of imidazole rings is 1. The molecule has 0 fully saturated rings. The van der Waals surface area contributed by atoms with Crippen LogP contribution in [0.2, 0.25) is 0 Å². The molecule has 20 heavy (non-hydrogen) atoms. The Morgan fingerprint density at radius 2 is 2.20 bits per heavy atom. The summed E-state index contributed by atoms with van der Waals surface area (Å²) in [4.78, 5) is 3.99. The molecule has 0 saturated heterocycles. The van der Waals surface area contributed by atoms with Gasteiger partial charge in [0.2, 0.25) is 10.0 Å². The minimum atomic E-state index is -3.74. The van der Waals surface area contributed by atoms with Crippen molar-refractivity contribution in [3.05, 3.63) is 36.9 Å². The highest BCUT2D eigenvalue weighted by Crippen LogP contribution is 2.23. The highest BCUT2D eigenvalue weighted by atomic mass is 32.2. The van der Waals surface area contributed by atoms with E-state index in [1.807, 2.05) is 17.7 Å². The van der Waals surface area contributed by atoms with Gasteiger partial charge in [-0.15, -0.1) is 0 Å². The molecule has 0 spiro atoms. The SMILES string of the molecule is CC(Cn1ccnc1)Nc1cc(S(N)(=O)=O)ccc1N. The first-order valence-electron chi connectivity index (χ1n) is 6.01. The highest BCUT2D eigenvalue weighted by Gasteiger charge is 2.12. The van der Waals surface area contributed by atoms with Crippen molar-refractivity contribution in [2.75, 3.05) is 11.1 Å². The summed E-state index contributed by atoms with van der Waals surface area (Å²) in [5, 5.41) is 8.27. The number of anilines is 2. The van der Waals surface area contributed by atoms with Crippen molar-refractivity contribution in [2.24, 2.45) is 5.14 Å². The first-order valence-corrected chi connectivity index (χ1v) is 7.55. The van der Waals surface area contributed by atoms with E-state index in [4.69, 9.17) is 10.9 Å². The second kappa shape index (κ2) is 5.51. The molecule has 1 aromatic heterocycles. The number of hydrogen-bond donors (Lipinski definition) is 3. The maximum absolute atomic E-state index is 11.3. The second-order valence-corrected chi connectivity index (χ2v) is 6.16. The summed E-state index contributed by atoms with van der Waals surface area (Å²) in [6.07, 6.45) is 5.26. The number of aromatic nitrogens is 2. The maximum atomic E-state index is 11.3. The van der Waals surface area contributed by atoms with Crippen LogP contribution in [0.1, 0.15) is 6.92 Å². The molecule has 108 valence electrons. The summed E-state index contributed by atoms with van der Waals surface area (Å²) in [5.74, 6) is 0. The fourth-order valence-corrected chi connectivity index (χ4v) is 2.40. The van der Waals surface area contributed by atoms with Crippen LogP contribution in [0.4, 0.5) is 11.4 Å². The average Bonchev–Trinajstić information content (AvgIpc) is 2.83. The van der Waals surface area contributed by atoms with Crippen LogP contribution in [0.15, 0.2) is 41.8 Å². The third kappa shape index (κ3) is 3.49. The molecule has 2 rings (SSSR count). The first-order chi connectivity index (χ1) is 9.36. The molecule has 0 bridgehead atoms. The van der Waals surface area contributed by atoms with E-state index in [1.54, 1.807) is 12.5 Å². The number of nitrogens with two attached hydrogens (primary N) is 2. The standard InChI is InChI=1S/C12H17N5O2S/c1-9(7-17-5-4-15-8-17)16-12-6-10(20(14,18)19)2-3-11(12)13/h2-6,8-9,16H,7,13H2,1H3,(H2,14,18,19). The Morgan fingerprint density at radius 3 is 2.80 bits per heavy atom. The predicted octanol–water partition coefficient (Wildman–Crippen LogP) is 0.613. The van der Waals surface area contributed by atoms with Crippen LogP contribution in [0.25, 0.3) is 0 Å². The van der Waals surface area contributed by atoms with E-state index in [2.05, 4.69) is 10.3 Å². The van der Waals surface area contributed by atoms with Crippen molar-refractivity contribution in [3.63, 3.8) is 0 Å². The minimum absolute atomic E-state index is 0.0315. The van der Waals surface area contributed by atoms with Gasteiger partial charge in [-0.25, -0.2) is 18.5 Å². The molecule has 2 aromatic rings. The van der Waals surface area contributed by atoms with E-state index in [9.17, 15) is 8.42 Å². The largest absolute Gasteiger partial charge is 0.397 e. The lowest BCUT2D eigenvalue weighted by Gasteiger charge is -2.17. The zero-order chi connectivity index (χ0) is 14.8. The Balaban J connectivity index is 2.16. The predicted molar refractivity (Wildman–Crippen MR) is 77.5 cm³/mol. The van der Waals surface area contributed by atoms with Gasteiger partial charge < -0.3 is 15.6 Å². The van der Waals surface area contributed by atoms with Gasteiger partial charge in [0.15, 0.2) is 0 Å². The number of nitrogens with zero attached hydrogens (tertiary/aromatic N) is 2. The molecule has 1 aromatic carbocycles.